The minimum atomic E-state index is -0.0303. The molecule has 2 fully saturated rings. The van der Waals surface area contributed by atoms with Gasteiger partial charge < -0.3 is 15.5 Å². The van der Waals surface area contributed by atoms with Crippen LogP contribution in [0.25, 0.3) is 0 Å². The molecular formula is C12H21N3O2. The lowest BCUT2D eigenvalue weighted by molar-refractivity contribution is -0.138. The van der Waals surface area contributed by atoms with Gasteiger partial charge in [-0.1, -0.05) is 0 Å². The lowest BCUT2D eigenvalue weighted by atomic mass is 9.97. The average Bonchev–Trinajstić information content (AvgIpc) is 3.12. The van der Waals surface area contributed by atoms with Crippen LogP contribution in [0, 0.1) is 5.92 Å². The number of rotatable bonds is 4. The van der Waals surface area contributed by atoms with Crippen molar-refractivity contribution >= 4 is 11.8 Å². The predicted molar refractivity (Wildman–Crippen MR) is 64.4 cm³/mol. The van der Waals surface area contributed by atoms with E-state index in [2.05, 4.69) is 10.6 Å². The second-order valence-corrected chi connectivity index (χ2v) is 5.06. The molecule has 0 radical (unpaired) electrons. The fraction of sp³-hybridized carbons (Fsp3) is 0.833. The molecule has 1 saturated carbocycles. The quantitative estimate of drug-likeness (QED) is 0.709. The van der Waals surface area contributed by atoms with Crippen molar-refractivity contribution in [2.45, 2.75) is 31.7 Å². The predicted octanol–water partition coefficient (Wildman–Crippen LogP) is -0.277. The highest BCUT2D eigenvalue weighted by Gasteiger charge is 2.27. The highest BCUT2D eigenvalue weighted by Crippen LogP contribution is 2.18. The fourth-order valence-electron chi connectivity index (χ4n) is 2.17. The van der Waals surface area contributed by atoms with Crippen LogP contribution in [0.2, 0.25) is 0 Å². The van der Waals surface area contributed by atoms with E-state index in [0.29, 0.717) is 6.04 Å². The molecule has 5 heteroatoms. The molecule has 96 valence electrons. The molecule has 17 heavy (non-hydrogen) atoms. The highest BCUT2D eigenvalue weighted by atomic mass is 16.2. The maximum atomic E-state index is 12.1. The molecule has 0 bridgehead atoms. The Bertz CT molecular complexity index is 296. The Balaban J connectivity index is 1.74. The van der Waals surface area contributed by atoms with Crippen LogP contribution in [0.1, 0.15) is 25.7 Å². The normalized spacial score (nSPS) is 21.0. The van der Waals surface area contributed by atoms with Crippen molar-refractivity contribution in [3.05, 3.63) is 0 Å². The number of carbonyl (C=O) groups excluding carboxylic acids is 2. The van der Waals surface area contributed by atoms with Gasteiger partial charge in [-0.2, -0.15) is 0 Å². The molecule has 0 spiro atoms. The van der Waals surface area contributed by atoms with Gasteiger partial charge in [0.1, 0.15) is 0 Å². The van der Waals surface area contributed by atoms with Crippen LogP contribution in [0.3, 0.4) is 0 Å². The number of hydrogen-bond acceptors (Lipinski definition) is 3. The van der Waals surface area contributed by atoms with Crippen molar-refractivity contribution in [1.29, 1.82) is 0 Å². The lowest BCUT2D eigenvalue weighted by Gasteiger charge is -2.26. The van der Waals surface area contributed by atoms with Crippen molar-refractivity contribution in [3.8, 4) is 0 Å². The number of hydrogen-bond donors (Lipinski definition) is 2. The van der Waals surface area contributed by atoms with Crippen LogP contribution in [-0.4, -0.2) is 49.4 Å². The van der Waals surface area contributed by atoms with E-state index in [1.165, 1.54) is 0 Å². The summed E-state index contributed by atoms with van der Waals surface area (Å²) in [4.78, 5) is 25.2. The van der Waals surface area contributed by atoms with E-state index in [-0.39, 0.29) is 24.3 Å². The van der Waals surface area contributed by atoms with Crippen LogP contribution in [-0.2, 0) is 9.59 Å². The molecule has 0 aromatic rings. The zero-order chi connectivity index (χ0) is 12.3. The zero-order valence-electron chi connectivity index (χ0n) is 10.4. The summed E-state index contributed by atoms with van der Waals surface area (Å²) in [6, 6.07) is 0.366. The summed E-state index contributed by atoms with van der Waals surface area (Å²) in [6.45, 7) is 2.00. The lowest BCUT2D eigenvalue weighted by Crippen LogP contribution is -2.44. The summed E-state index contributed by atoms with van der Waals surface area (Å²) in [5, 5.41) is 6.13. The van der Waals surface area contributed by atoms with Crippen molar-refractivity contribution < 1.29 is 9.59 Å². The summed E-state index contributed by atoms with van der Waals surface area (Å²) >= 11 is 0. The highest BCUT2D eigenvalue weighted by molar-refractivity contribution is 5.86. The maximum Gasteiger partial charge on any atom is 0.239 e. The van der Waals surface area contributed by atoms with Gasteiger partial charge >= 0.3 is 0 Å². The first-order chi connectivity index (χ1) is 8.16. The average molecular weight is 239 g/mol. The topological polar surface area (TPSA) is 61.4 Å². The van der Waals surface area contributed by atoms with Gasteiger partial charge in [0.25, 0.3) is 0 Å². The van der Waals surface area contributed by atoms with Crippen molar-refractivity contribution in [3.63, 3.8) is 0 Å². The molecule has 2 N–H and O–H groups in total. The molecule has 0 unspecified atom stereocenters. The Kier molecular flexibility index (Phi) is 3.99. The second kappa shape index (κ2) is 5.49. The summed E-state index contributed by atoms with van der Waals surface area (Å²) < 4.78 is 0. The first-order valence-electron chi connectivity index (χ1n) is 6.42. The number of carbonyl (C=O) groups is 2. The van der Waals surface area contributed by atoms with Gasteiger partial charge in [0.15, 0.2) is 0 Å². The van der Waals surface area contributed by atoms with Crippen LogP contribution in [0.15, 0.2) is 0 Å². The molecule has 0 aromatic heterocycles. The summed E-state index contributed by atoms with van der Waals surface area (Å²) in [5.74, 6) is 0.171. The van der Waals surface area contributed by atoms with Crippen LogP contribution < -0.4 is 10.6 Å². The summed E-state index contributed by atoms with van der Waals surface area (Å²) in [5.41, 5.74) is 0. The number of nitrogens with one attached hydrogen (secondary N) is 2. The summed E-state index contributed by atoms with van der Waals surface area (Å²) in [7, 11) is 1.72. The molecule has 2 rings (SSSR count). The second-order valence-electron chi connectivity index (χ2n) is 5.06. The molecule has 5 nitrogen and oxygen atoms in total. The van der Waals surface area contributed by atoms with Gasteiger partial charge in [-0.25, -0.2) is 0 Å². The van der Waals surface area contributed by atoms with E-state index in [1.807, 2.05) is 0 Å². The third kappa shape index (κ3) is 3.70. The Morgan fingerprint density at radius 3 is 2.47 bits per heavy atom. The Morgan fingerprint density at radius 1 is 1.24 bits per heavy atom. The minimum Gasteiger partial charge on any atom is -0.352 e. The van der Waals surface area contributed by atoms with Crippen LogP contribution >= 0.6 is 0 Å². The molecule has 2 amide bonds. The van der Waals surface area contributed by atoms with E-state index < -0.39 is 0 Å². The number of likely N-dealkylation sites (N-methyl/N-ethyl adjacent to an activating group) is 1. The Labute approximate surface area is 102 Å². The van der Waals surface area contributed by atoms with Gasteiger partial charge in [0.2, 0.25) is 11.8 Å². The third-order valence-electron chi connectivity index (χ3n) is 3.39. The molecule has 0 aromatic carbocycles. The van der Waals surface area contributed by atoms with Crippen LogP contribution in [0.5, 0.6) is 0 Å². The number of amides is 2. The SMILES string of the molecule is CN(CC(=O)NC1CC1)C(=O)C1CCNCC1. The smallest absolute Gasteiger partial charge is 0.239 e. The number of nitrogens with zero attached hydrogens (tertiary/aromatic N) is 1. The standard InChI is InChI=1S/C12H21N3O2/c1-15(8-11(16)14-10-2-3-10)12(17)9-4-6-13-7-5-9/h9-10,13H,2-8H2,1H3,(H,14,16). The van der Waals surface area contributed by atoms with Gasteiger partial charge in [0, 0.05) is 19.0 Å². The van der Waals surface area contributed by atoms with Gasteiger partial charge in [-0.15, -0.1) is 0 Å². The molecule has 1 aliphatic carbocycles. The monoisotopic (exact) mass is 239 g/mol. The molecule has 0 atom stereocenters. The zero-order valence-corrected chi connectivity index (χ0v) is 10.4. The fourth-order valence-corrected chi connectivity index (χ4v) is 2.17. The Morgan fingerprint density at radius 2 is 1.88 bits per heavy atom. The maximum absolute atomic E-state index is 12.1. The molecule has 2 aliphatic rings. The molecular weight excluding hydrogens is 218 g/mol. The summed E-state index contributed by atoms with van der Waals surface area (Å²) in [6.07, 6.45) is 3.93. The van der Waals surface area contributed by atoms with Gasteiger partial charge in [0.05, 0.1) is 6.54 Å². The van der Waals surface area contributed by atoms with Crippen molar-refractivity contribution in [2.24, 2.45) is 5.92 Å². The molecule has 1 saturated heterocycles. The molecule has 1 heterocycles. The van der Waals surface area contributed by atoms with E-state index in [0.717, 1.165) is 38.8 Å². The van der Waals surface area contributed by atoms with E-state index in [4.69, 9.17) is 0 Å². The van der Waals surface area contributed by atoms with E-state index in [9.17, 15) is 9.59 Å². The van der Waals surface area contributed by atoms with Crippen molar-refractivity contribution in [2.75, 3.05) is 26.7 Å². The van der Waals surface area contributed by atoms with E-state index in [1.54, 1.807) is 11.9 Å². The van der Waals surface area contributed by atoms with Gasteiger partial charge in [-0.3, -0.25) is 9.59 Å². The first kappa shape index (κ1) is 12.4. The largest absolute Gasteiger partial charge is 0.352 e. The molecule has 1 aliphatic heterocycles. The number of piperidine rings is 1. The first-order valence-corrected chi connectivity index (χ1v) is 6.42. The van der Waals surface area contributed by atoms with Crippen LogP contribution in [0.4, 0.5) is 0 Å². The minimum absolute atomic E-state index is 0.0303. The van der Waals surface area contributed by atoms with Gasteiger partial charge in [-0.05, 0) is 38.8 Å². The van der Waals surface area contributed by atoms with E-state index >= 15 is 0 Å². The Hall–Kier alpha value is -1.10. The van der Waals surface area contributed by atoms with Crippen molar-refractivity contribution in [1.82, 2.24) is 15.5 Å². The third-order valence-corrected chi connectivity index (χ3v) is 3.39.